The number of likely N-dealkylation sites (N-methyl/N-ethyl adjacent to an activating group) is 1. The fraction of sp³-hybridized carbons (Fsp3) is 0.192. The summed E-state index contributed by atoms with van der Waals surface area (Å²) >= 11 is 0. The third kappa shape index (κ3) is 5.60. The molecule has 0 saturated heterocycles. The second-order valence-corrected chi connectivity index (χ2v) is 8.25. The van der Waals surface area contributed by atoms with Crippen LogP contribution in [0.3, 0.4) is 0 Å². The van der Waals surface area contributed by atoms with Crippen molar-refractivity contribution in [3.63, 3.8) is 0 Å². The lowest BCUT2D eigenvalue weighted by molar-refractivity contribution is -0.116. The Morgan fingerprint density at radius 1 is 1.03 bits per heavy atom. The minimum atomic E-state index is -0.270. The zero-order valence-electron chi connectivity index (χ0n) is 19.4. The molecule has 8 nitrogen and oxygen atoms in total. The van der Waals surface area contributed by atoms with Gasteiger partial charge in [0.1, 0.15) is 11.5 Å². The molecule has 0 spiro atoms. The van der Waals surface area contributed by atoms with E-state index in [1.165, 1.54) is 0 Å². The number of hydrogen-bond donors (Lipinski definition) is 2. The van der Waals surface area contributed by atoms with E-state index < -0.39 is 0 Å². The lowest BCUT2D eigenvalue weighted by atomic mass is 10.1. The number of nitrogens with zero attached hydrogens (tertiary/aromatic N) is 3. The number of para-hydroxylation sites is 1. The van der Waals surface area contributed by atoms with Crippen molar-refractivity contribution in [2.24, 2.45) is 0 Å². The Hall–Kier alpha value is -4.17. The number of benzene rings is 2. The molecular weight excluding hydrogens is 430 g/mol. The van der Waals surface area contributed by atoms with Gasteiger partial charge in [-0.2, -0.15) is 5.10 Å². The van der Waals surface area contributed by atoms with Crippen molar-refractivity contribution in [1.82, 2.24) is 20.0 Å². The molecule has 4 rings (SSSR count). The molecule has 0 atom stereocenters. The van der Waals surface area contributed by atoms with Crippen LogP contribution in [0.15, 0.2) is 77.3 Å². The van der Waals surface area contributed by atoms with Gasteiger partial charge in [0.25, 0.3) is 5.91 Å². The number of anilines is 1. The maximum atomic E-state index is 13.2. The number of carbonyl (C=O) groups is 2. The Kier molecular flexibility index (Phi) is 6.89. The van der Waals surface area contributed by atoms with E-state index in [2.05, 4.69) is 15.7 Å². The Morgan fingerprint density at radius 3 is 2.53 bits per heavy atom. The van der Waals surface area contributed by atoms with E-state index in [-0.39, 0.29) is 11.8 Å². The summed E-state index contributed by atoms with van der Waals surface area (Å²) in [6, 6.07) is 20.6. The van der Waals surface area contributed by atoms with Gasteiger partial charge in [0.15, 0.2) is 5.76 Å². The molecule has 4 aromatic rings. The Labute approximate surface area is 198 Å². The molecule has 174 valence electrons. The van der Waals surface area contributed by atoms with Gasteiger partial charge in [-0.15, -0.1) is 0 Å². The lowest BCUT2D eigenvalue weighted by Gasteiger charge is -2.11. The van der Waals surface area contributed by atoms with E-state index in [9.17, 15) is 9.59 Å². The number of nitrogens with one attached hydrogen (secondary N) is 2. The number of rotatable bonds is 8. The highest BCUT2D eigenvalue weighted by molar-refractivity contribution is 5.99. The predicted molar refractivity (Wildman–Crippen MR) is 131 cm³/mol. The van der Waals surface area contributed by atoms with Crippen molar-refractivity contribution in [1.29, 1.82) is 0 Å². The van der Waals surface area contributed by atoms with E-state index in [1.807, 2.05) is 87.7 Å². The summed E-state index contributed by atoms with van der Waals surface area (Å²) in [5.41, 5.74) is 3.27. The fourth-order valence-corrected chi connectivity index (χ4v) is 3.52. The molecule has 0 unspecified atom stereocenters. The van der Waals surface area contributed by atoms with Crippen LogP contribution >= 0.6 is 0 Å². The Bertz CT molecular complexity index is 1290. The maximum absolute atomic E-state index is 13.2. The average Bonchev–Trinajstić information content (AvgIpc) is 3.44. The van der Waals surface area contributed by atoms with Crippen molar-refractivity contribution >= 4 is 17.5 Å². The Morgan fingerprint density at radius 2 is 1.82 bits per heavy atom. The zero-order valence-corrected chi connectivity index (χ0v) is 19.4. The van der Waals surface area contributed by atoms with Crippen LogP contribution in [0.2, 0.25) is 0 Å². The molecule has 0 radical (unpaired) electrons. The van der Waals surface area contributed by atoms with E-state index in [4.69, 9.17) is 4.42 Å². The van der Waals surface area contributed by atoms with Crippen molar-refractivity contribution < 1.29 is 14.0 Å². The molecule has 2 N–H and O–H groups in total. The highest BCUT2D eigenvalue weighted by atomic mass is 16.3. The first-order valence-electron chi connectivity index (χ1n) is 10.9. The van der Waals surface area contributed by atoms with Crippen molar-refractivity contribution in [2.75, 3.05) is 26.0 Å². The van der Waals surface area contributed by atoms with Crippen molar-refractivity contribution in [3.8, 4) is 17.1 Å². The van der Waals surface area contributed by atoms with Gasteiger partial charge in [0.05, 0.1) is 17.8 Å². The first-order valence-corrected chi connectivity index (χ1v) is 10.9. The smallest absolute Gasteiger partial charge is 0.255 e. The van der Waals surface area contributed by atoms with E-state index in [0.717, 1.165) is 17.0 Å². The quantitative estimate of drug-likeness (QED) is 0.419. The number of hydrogen-bond acceptors (Lipinski definition) is 5. The second-order valence-electron chi connectivity index (χ2n) is 8.25. The lowest BCUT2D eigenvalue weighted by Crippen LogP contribution is -2.27. The SMILES string of the molecule is Cc1ccc(-c2nn(-c3ccccc3)cc2C(=O)NCc2cccc(NC(=O)CN(C)C)c2)o1. The summed E-state index contributed by atoms with van der Waals surface area (Å²) in [6.45, 7) is 2.44. The van der Waals surface area contributed by atoms with Crippen LogP contribution in [0, 0.1) is 6.92 Å². The summed E-state index contributed by atoms with van der Waals surface area (Å²) < 4.78 is 7.42. The van der Waals surface area contributed by atoms with Gasteiger partial charge in [-0.1, -0.05) is 30.3 Å². The standard InChI is InChI=1S/C26H27N5O3/c1-18-12-13-23(34-18)25-22(16-31(29-25)21-10-5-4-6-11-21)26(33)27-15-19-8-7-9-20(14-19)28-24(32)17-30(2)3/h4-14,16H,15,17H2,1-3H3,(H,27,33)(H,28,32). The third-order valence-corrected chi connectivity index (χ3v) is 5.08. The van der Waals surface area contributed by atoms with E-state index >= 15 is 0 Å². The van der Waals surface area contributed by atoms with Gasteiger partial charge in [0, 0.05) is 18.4 Å². The molecule has 2 heterocycles. The molecular formula is C26H27N5O3. The molecule has 8 heteroatoms. The highest BCUT2D eigenvalue weighted by Crippen LogP contribution is 2.26. The first kappa shape index (κ1) is 23.0. The summed E-state index contributed by atoms with van der Waals surface area (Å²) in [5.74, 6) is 0.901. The highest BCUT2D eigenvalue weighted by Gasteiger charge is 2.21. The van der Waals surface area contributed by atoms with Crippen LogP contribution in [0.4, 0.5) is 5.69 Å². The average molecular weight is 458 g/mol. The summed E-state index contributed by atoms with van der Waals surface area (Å²) in [7, 11) is 3.67. The van der Waals surface area contributed by atoms with Crippen LogP contribution in [0.1, 0.15) is 21.7 Å². The molecule has 0 bridgehead atoms. The Balaban J connectivity index is 1.52. The van der Waals surface area contributed by atoms with Crippen molar-refractivity contribution in [2.45, 2.75) is 13.5 Å². The first-order chi connectivity index (χ1) is 16.4. The molecule has 34 heavy (non-hydrogen) atoms. The van der Waals surface area contributed by atoms with Crippen LogP contribution in [-0.2, 0) is 11.3 Å². The molecule has 0 fully saturated rings. The summed E-state index contributed by atoms with van der Waals surface area (Å²) in [6.07, 6.45) is 1.70. The van der Waals surface area contributed by atoms with Crippen LogP contribution < -0.4 is 10.6 Å². The monoisotopic (exact) mass is 457 g/mol. The van der Waals surface area contributed by atoms with Gasteiger partial charge >= 0.3 is 0 Å². The second kappa shape index (κ2) is 10.2. The van der Waals surface area contributed by atoms with E-state index in [1.54, 1.807) is 15.8 Å². The van der Waals surface area contributed by atoms with Crippen LogP contribution in [0.25, 0.3) is 17.1 Å². The molecule has 0 aliphatic carbocycles. The number of amides is 2. The van der Waals surface area contributed by atoms with Gasteiger partial charge in [-0.25, -0.2) is 4.68 Å². The topological polar surface area (TPSA) is 92.4 Å². The minimum absolute atomic E-state index is 0.0992. The third-order valence-electron chi connectivity index (χ3n) is 5.08. The van der Waals surface area contributed by atoms with Gasteiger partial charge in [0.2, 0.25) is 5.91 Å². The van der Waals surface area contributed by atoms with Gasteiger partial charge in [-0.05, 0) is 63.0 Å². The normalized spacial score (nSPS) is 10.9. The molecule has 0 saturated carbocycles. The fourth-order valence-electron chi connectivity index (χ4n) is 3.52. The predicted octanol–water partition coefficient (Wildman–Crippen LogP) is 3.87. The zero-order chi connectivity index (χ0) is 24.1. The summed E-state index contributed by atoms with van der Waals surface area (Å²) in [4.78, 5) is 27.0. The number of furan rings is 1. The van der Waals surface area contributed by atoms with Crippen molar-refractivity contribution in [3.05, 3.63) is 89.8 Å². The van der Waals surface area contributed by atoms with Crippen LogP contribution in [0.5, 0.6) is 0 Å². The molecule has 0 aliphatic heterocycles. The van der Waals surface area contributed by atoms with E-state index in [0.29, 0.717) is 35.8 Å². The molecule has 2 amide bonds. The number of carbonyl (C=O) groups excluding carboxylic acids is 2. The molecule has 2 aromatic heterocycles. The number of aryl methyl sites for hydroxylation is 1. The number of aromatic nitrogens is 2. The largest absolute Gasteiger partial charge is 0.460 e. The minimum Gasteiger partial charge on any atom is -0.460 e. The van der Waals surface area contributed by atoms with Crippen LogP contribution in [-0.4, -0.2) is 47.1 Å². The van der Waals surface area contributed by atoms with Gasteiger partial charge < -0.3 is 20.0 Å². The maximum Gasteiger partial charge on any atom is 0.255 e. The summed E-state index contributed by atoms with van der Waals surface area (Å²) in [5, 5.41) is 10.4. The molecule has 0 aliphatic rings. The molecule has 2 aromatic carbocycles. The van der Waals surface area contributed by atoms with Gasteiger partial charge in [-0.3, -0.25) is 9.59 Å².